The van der Waals surface area contributed by atoms with Gasteiger partial charge in [0.1, 0.15) is 0 Å². The fraction of sp³-hybridized carbons (Fsp3) is 0.462. The van der Waals surface area contributed by atoms with Crippen LogP contribution >= 0.6 is 0 Å². The average Bonchev–Trinajstić information content (AvgIpc) is 2.16. The minimum absolute atomic E-state index is 0.0145. The van der Waals surface area contributed by atoms with E-state index < -0.39 is 6.04 Å². The molecule has 0 aliphatic carbocycles. The van der Waals surface area contributed by atoms with Crippen molar-refractivity contribution in [2.75, 3.05) is 0 Å². The number of carbonyl (C=O) groups excluding carboxylic acids is 1. The van der Waals surface area contributed by atoms with Crippen LogP contribution in [0.25, 0.3) is 0 Å². The van der Waals surface area contributed by atoms with Crippen LogP contribution in [0.2, 0.25) is 0 Å². The number of nitrogens with two attached hydrogens (primary N) is 1. The predicted molar refractivity (Wildman–Crippen MR) is 63.0 cm³/mol. The first-order valence-corrected chi connectivity index (χ1v) is 5.39. The lowest BCUT2D eigenvalue weighted by Crippen LogP contribution is -2.26. The summed E-state index contributed by atoms with van der Waals surface area (Å²) < 4.78 is 0. The Hall–Kier alpha value is -1.15. The van der Waals surface area contributed by atoms with Gasteiger partial charge in [-0.1, -0.05) is 32.0 Å². The molecule has 0 bridgehead atoms. The summed E-state index contributed by atoms with van der Waals surface area (Å²) in [6.07, 6.45) is 1.00. The van der Waals surface area contributed by atoms with Crippen LogP contribution in [0.4, 0.5) is 0 Å². The van der Waals surface area contributed by atoms with Crippen LogP contribution in [0.5, 0.6) is 0 Å². The summed E-state index contributed by atoms with van der Waals surface area (Å²) in [5, 5.41) is 0. The summed E-state index contributed by atoms with van der Waals surface area (Å²) in [4.78, 5) is 11.7. The molecule has 1 rings (SSSR count). The Morgan fingerprint density at radius 3 is 2.53 bits per heavy atom. The van der Waals surface area contributed by atoms with E-state index >= 15 is 0 Å². The number of rotatable bonds is 4. The number of carbonyl (C=O) groups is 1. The highest BCUT2D eigenvalue weighted by atomic mass is 16.1. The van der Waals surface area contributed by atoms with Gasteiger partial charge < -0.3 is 5.73 Å². The van der Waals surface area contributed by atoms with Gasteiger partial charge >= 0.3 is 0 Å². The second-order valence-corrected chi connectivity index (χ2v) is 4.45. The third-order valence-electron chi connectivity index (χ3n) is 2.27. The van der Waals surface area contributed by atoms with E-state index in [9.17, 15) is 4.79 Å². The summed E-state index contributed by atoms with van der Waals surface area (Å²) in [6.45, 7) is 6.05. The highest BCUT2D eigenvalue weighted by Crippen LogP contribution is 2.11. The van der Waals surface area contributed by atoms with E-state index in [-0.39, 0.29) is 5.78 Å². The highest BCUT2D eigenvalue weighted by molar-refractivity contribution is 5.99. The van der Waals surface area contributed by atoms with Crippen LogP contribution in [0.3, 0.4) is 0 Å². The van der Waals surface area contributed by atoms with Crippen molar-refractivity contribution >= 4 is 5.78 Å². The number of ketones is 1. The molecule has 0 heterocycles. The highest BCUT2D eigenvalue weighted by Gasteiger charge is 2.10. The van der Waals surface area contributed by atoms with Gasteiger partial charge in [0.15, 0.2) is 5.78 Å². The van der Waals surface area contributed by atoms with Crippen molar-refractivity contribution in [1.29, 1.82) is 0 Å². The lowest BCUT2D eigenvalue weighted by Gasteiger charge is -2.08. The normalized spacial score (nSPS) is 12.9. The molecular weight excluding hydrogens is 186 g/mol. The minimum atomic E-state index is -0.417. The predicted octanol–water partition coefficient (Wildman–Crippen LogP) is 2.42. The molecule has 1 aromatic rings. The van der Waals surface area contributed by atoms with Crippen LogP contribution in [0.15, 0.2) is 24.3 Å². The van der Waals surface area contributed by atoms with Gasteiger partial charge in [-0.25, -0.2) is 0 Å². The van der Waals surface area contributed by atoms with E-state index in [0.29, 0.717) is 5.92 Å². The lowest BCUT2D eigenvalue weighted by atomic mass is 9.98. The molecule has 0 aliphatic rings. The van der Waals surface area contributed by atoms with Crippen molar-refractivity contribution in [3.05, 3.63) is 35.4 Å². The maximum Gasteiger partial charge on any atom is 0.179 e. The van der Waals surface area contributed by atoms with E-state index in [4.69, 9.17) is 5.73 Å². The quantitative estimate of drug-likeness (QED) is 0.767. The Kier molecular flexibility index (Phi) is 4.04. The van der Waals surface area contributed by atoms with E-state index in [0.717, 1.165) is 12.0 Å². The van der Waals surface area contributed by atoms with E-state index in [1.165, 1.54) is 5.56 Å². The van der Waals surface area contributed by atoms with E-state index in [1.54, 1.807) is 6.92 Å². The number of Topliss-reactive ketones (excluding diaryl/α,β-unsaturated/α-hetero) is 1. The third kappa shape index (κ3) is 3.48. The zero-order chi connectivity index (χ0) is 11.4. The van der Waals surface area contributed by atoms with E-state index in [2.05, 4.69) is 19.9 Å². The van der Waals surface area contributed by atoms with Gasteiger partial charge in [0, 0.05) is 5.56 Å². The average molecular weight is 205 g/mol. The molecule has 0 saturated heterocycles. The molecule has 0 saturated carbocycles. The summed E-state index contributed by atoms with van der Waals surface area (Å²) >= 11 is 0. The molecule has 0 aromatic heterocycles. The molecule has 82 valence electrons. The molecule has 1 aromatic carbocycles. The molecule has 0 aliphatic heterocycles. The Morgan fingerprint density at radius 1 is 1.33 bits per heavy atom. The SMILES string of the molecule is CC(C)Cc1cccc(C(=O)C(C)N)c1. The topological polar surface area (TPSA) is 43.1 Å². The molecule has 1 unspecified atom stereocenters. The molecular formula is C13H19NO. The lowest BCUT2D eigenvalue weighted by molar-refractivity contribution is 0.0968. The summed E-state index contributed by atoms with van der Waals surface area (Å²) in [5.41, 5.74) is 7.50. The van der Waals surface area contributed by atoms with Crippen molar-refractivity contribution in [2.24, 2.45) is 11.7 Å². The van der Waals surface area contributed by atoms with Gasteiger partial charge in [-0.2, -0.15) is 0 Å². The second kappa shape index (κ2) is 5.08. The van der Waals surface area contributed by atoms with Crippen LogP contribution in [-0.2, 0) is 6.42 Å². The fourth-order valence-electron chi connectivity index (χ4n) is 1.59. The molecule has 0 amide bonds. The largest absolute Gasteiger partial charge is 0.321 e. The fourth-order valence-corrected chi connectivity index (χ4v) is 1.59. The van der Waals surface area contributed by atoms with Gasteiger partial charge in [-0.05, 0) is 30.9 Å². The van der Waals surface area contributed by atoms with Crippen molar-refractivity contribution in [3.8, 4) is 0 Å². The summed E-state index contributed by atoms with van der Waals surface area (Å²) in [5.74, 6) is 0.617. The molecule has 15 heavy (non-hydrogen) atoms. The third-order valence-corrected chi connectivity index (χ3v) is 2.27. The standard InChI is InChI=1S/C13H19NO/c1-9(2)7-11-5-4-6-12(8-11)13(15)10(3)14/h4-6,8-10H,7,14H2,1-3H3. The minimum Gasteiger partial charge on any atom is -0.321 e. The van der Waals surface area contributed by atoms with Crippen LogP contribution in [-0.4, -0.2) is 11.8 Å². The monoisotopic (exact) mass is 205 g/mol. The van der Waals surface area contributed by atoms with Crippen molar-refractivity contribution in [1.82, 2.24) is 0 Å². The zero-order valence-electron chi connectivity index (χ0n) is 9.66. The van der Waals surface area contributed by atoms with Crippen molar-refractivity contribution < 1.29 is 4.79 Å². The molecule has 1 atom stereocenters. The molecule has 0 radical (unpaired) electrons. The number of hydrogen-bond donors (Lipinski definition) is 1. The van der Waals surface area contributed by atoms with Crippen LogP contribution in [0.1, 0.15) is 36.7 Å². The number of benzene rings is 1. The van der Waals surface area contributed by atoms with Gasteiger partial charge in [-0.15, -0.1) is 0 Å². The molecule has 2 nitrogen and oxygen atoms in total. The van der Waals surface area contributed by atoms with E-state index in [1.807, 2.05) is 18.2 Å². The van der Waals surface area contributed by atoms with Gasteiger partial charge in [0.2, 0.25) is 0 Å². The molecule has 0 spiro atoms. The molecule has 2 heteroatoms. The second-order valence-electron chi connectivity index (χ2n) is 4.45. The Labute approximate surface area is 91.5 Å². The van der Waals surface area contributed by atoms with Crippen LogP contribution in [0, 0.1) is 5.92 Å². The van der Waals surface area contributed by atoms with Crippen LogP contribution < -0.4 is 5.73 Å². The van der Waals surface area contributed by atoms with Crippen molar-refractivity contribution in [3.63, 3.8) is 0 Å². The maximum absolute atomic E-state index is 11.7. The zero-order valence-corrected chi connectivity index (χ0v) is 9.66. The molecule has 2 N–H and O–H groups in total. The summed E-state index contributed by atoms with van der Waals surface area (Å²) in [6, 6.07) is 7.34. The van der Waals surface area contributed by atoms with Gasteiger partial charge in [0.05, 0.1) is 6.04 Å². The molecule has 0 fully saturated rings. The summed E-state index contributed by atoms with van der Waals surface area (Å²) in [7, 11) is 0. The Morgan fingerprint density at radius 2 is 2.00 bits per heavy atom. The first kappa shape index (κ1) is 11.9. The van der Waals surface area contributed by atoms with Gasteiger partial charge in [0.25, 0.3) is 0 Å². The Bertz CT molecular complexity index is 342. The van der Waals surface area contributed by atoms with Gasteiger partial charge in [-0.3, -0.25) is 4.79 Å². The first-order chi connectivity index (χ1) is 7.00. The van der Waals surface area contributed by atoms with Crippen molar-refractivity contribution in [2.45, 2.75) is 33.2 Å². The maximum atomic E-state index is 11.7. The Balaban J connectivity index is 2.87. The first-order valence-electron chi connectivity index (χ1n) is 5.39. The smallest absolute Gasteiger partial charge is 0.179 e. The number of hydrogen-bond acceptors (Lipinski definition) is 2.